The van der Waals surface area contributed by atoms with Crippen molar-refractivity contribution in [3.8, 4) is 0 Å². The monoisotopic (exact) mass is 222 g/mol. The predicted octanol–water partition coefficient (Wildman–Crippen LogP) is 0.827. The summed E-state index contributed by atoms with van der Waals surface area (Å²) in [6, 6.07) is 0. The maximum Gasteiger partial charge on any atom is 0.229 e. The van der Waals surface area contributed by atoms with E-state index < -0.39 is 0 Å². The lowest BCUT2D eigenvalue weighted by molar-refractivity contribution is 0.181. The smallest absolute Gasteiger partial charge is 0.229 e. The number of piperidine rings is 1. The molecule has 5 heteroatoms. The third-order valence-corrected chi connectivity index (χ3v) is 3.69. The molecule has 5 nitrogen and oxygen atoms in total. The SMILES string of the molecule is CN1CCC(N)(c2noc(C3CC3)n2)CC1. The van der Waals surface area contributed by atoms with Gasteiger partial charge in [0.2, 0.25) is 5.89 Å². The fourth-order valence-electron chi connectivity index (χ4n) is 2.17. The number of likely N-dealkylation sites (tertiary alicyclic amines) is 1. The zero-order chi connectivity index (χ0) is 11.2. The van der Waals surface area contributed by atoms with E-state index >= 15 is 0 Å². The van der Waals surface area contributed by atoms with Gasteiger partial charge in [-0.2, -0.15) is 4.98 Å². The van der Waals surface area contributed by atoms with Crippen LogP contribution in [0.3, 0.4) is 0 Å². The molecule has 2 N–H and O–H groups in total. The Balaban J connectivity index is 1.78. The molecular weight excluding hydrogens is 204 g/mol. The highest BCUT2D eigenvalue weighted by Gasteiger charge is 2.38. The Morgan fingerprint density at radius 2 is 2.06 bits per heavy atom. The zero-order valence-corrected chi connectivity index (χ0v) is 9.65. The Morgan fingerprint density at radius 1 is 1.38 bits per heavy atom. The van der Waals surface area contributed by atoms with Crippen molar-refractivity contribution in [2.75, 3.05) is 20.1 Å². The van der Waals surface area contributed by atoms with Crippen molar-refractivity contribution in [1.29, 1.82) is 0 Å². The molecule has 0 atom stereocenters. The van der Waals surface area contributed by atoms with E-state index in [1.54, 1.807) is 0 Å². The molecular formula is C11H18N4O. The summed E-state index contributed by atoms with van der Waals surface area (Å²) < 4.78 is 5.28. The van der Waals surface area contributed by atoms with Crippen LogP contribution in [0.25, 0.3) is 0 Å². The first kappa shape index (κ1) is 10.2. The van der Waals surface area contributed by atoms with E-state index in [-0.39, 0.29) is 5.54 Å². The second kappa shape index (κ2) is 3.53. The van der Waals surface area contributed by atoms with Crippen LogP contribution in [-0.4, -0.2) is 35.2 Å². The van der Waals surface area contributed by atoms with Gasteiger partial charge in [0.1, 0.15) is 0 Å². The van der Waals surface area contributed by atoms with Gasteiger partial charge in [-0.1, -0.05) is 5.16 Å². The van der Waals surface area contributed by atoms with Gasteiger partial charge >= 0.3 is 0 Å². The zero-order valence-electron chi connectivity index (χ0n) is 9.65. The summed E-state index contributed by atoms with van der Waals surface area (Å²) in [5.41, 5.74) is 5.99. The minimum atomic E-state index is -0.372. The van der Waals surface area contributed by atoms with Gasteiger partial charge in [-0.25, -0.2) is 0 Å². The molecule has 0 unspecified atom stereocenters. The topological polar surface area (TPSA) is 68.2 Å². The number of hydrogen-bond donors (Lipinski definition) is 1. The molecule has 0 bridgehead atoms. The second-order valence-electron chi connectivity index (χ2n) is 5.19. The Hall–Kier alpha value is -0.940. The summed E-state index contributed by atoms with van der Waals surface area (Å²) in [6.07, 6.45) is 4.18. The van der Waals surface area contributed by atoms with Crippen molar-refractivity contribution in [1.82, 2.24) is 15.0 Å². The van der Waals surface area contributed by atoms with Crippen LogP contribution < -0.4 is 5.73 Å². The molecule has 1 aromatic heterocycles. The van der Waals surface area contributed by atoms with Crippen LogP contribution in [-0.2, 0) is 5.54 Å². The highest BCUT2D eigenvalue weighted by molar-refractivity contribution is 5.09. The fourth-order valence-corrected chi connectivity index (χ4v) is 2.17. The van der Waals surface area contributed by atoms with Gasteiger partial charge in [-0.3, -0.25) is 0 Å². The van der Waals surface area contributed by atoms with Crippen LogP contribution in [0, 0.1) is 0 Å². The van der Waals surface area contributed by atoms with Crippen molar-refractivity contribution < 1.29 is 4.52 Å². The van der Waals surface area contributed by atoms with Crippen molar-refractivity contribution in [2.24, 2.45) is 5.73 Å². The molecule has 0 spiro atoms. The van der Waals surface area contributed by atoms with Crippen molar-refractivity contribution in [2.45, 2.75) is 37.1 Å². The summed E-state index contributed by atoms with van der Waals surface area (Å²) in [4.78, 5) is 6.76. The lowest BCUT2D eigenvalue weighted by Crippen LogP contribution is -2.47. The third kappa shape index (κ3) is 1.74. The molecule has 0 aromatic carbocycles. The summed E-state index contributed by atoms with van der Waals surface area (Å²) in [5, 5.41) is 4.07. The number of rotatable bonds is 2. The maximum absolute atomic E-state index is 6.36. The Morgan fingerprint density at radius 3 is 2.69 bits per heavy atom. The van der Waals surface area contributed by atoms with E-state index in [2.05, 4.69) is 22.1 Å². The molecule has 2 heterocycles. The standard InChI is InChI=1S/C11H18N4O/c1-15-6-4-11(12,5-7-15)10-13-9(16-14-10)8-2-3-8/h8H,2-7,12H2,1H3. The molecule has 3 rings (SSSR count). The lowest BCUT2D eigenvalue weighted by Gasteiger charge is -2.35. The summed E-state index contributed by atoms with van der Waals surface area (Å²) in [7, 11) is 2.12. The van der Waals surface area contributed by atoms with E-state index in [9.17, 15) is 0 Å². The fraction of sp³-hybridized carbons (Fsp3) is 0.818. The predicted molar refractivity (Wildman–Crippen MR) is 58.9 cm³/mol. The summed E-state index contributed by atoms with van der Waals surface area (Å²) >= 11 is 0. The van der Waals surface area contributed by atoms with Crippen LogP contribution in [0.4, 0.5) is 0 Å². The lowest BCUT2D eigenvalue weighted by atomic mass is 9.88. The summed E-state index contributed by atoms with van der Waals surface area (Å²) in [6.45, 7) is 2.01. The van der Waals surface area contributed by atoms with Gasteiger partial charge in [-0.15, -0.1) is 0 Å². The van der Waals surface area contributed by atoms with Crippen molar-refractivity contribution in [3.63, 3.8) is 0 Å². The Kier molecular flexibility index (Phi) is 2.26. The maximum atomic E-state index is 6.36. The van der Waals surface area contributed by atoms with Crippen LogP contribution in [0.2, 0.25) is 0 Å². The highest BCUT2D eigenvalue weighted by Crippen LogP contribution is 2.40. The van der Waals surface area contributed by atoms with Crippen LogP contribution in [0.5, 0.6) is 0 Å². The first-order valence-electron chi connectivity index (χ1n) is 5.99. The number of hydrogen-bond acceptors (Lipinski definition) is 5. The molecule has 0 radical (unpaired) electrons. The van der Waals surface area contributed by atoms with E-state index in [0.717, 1.165) is 31.8 Å². The Bertz CT molecular complexity index is 377. The van der Waals surface area contributed by atoms with E-state index in [0.29, 0.717) is 11.7 Å². The molecule has 2 fully saturated rings. The minimum Gasteiger partial charge on any atom is -0.339 e. The molecule has 0 amide bonds. The van der Waals surface area contributed by atoms with Crippen LogP contribution >= 0.6 is 0 Å². The highest BCUT2D eigenvalue weighted by atomic mass is 16.5. The van der Waals surface area contributed by atoms with E-state index in [1.807, 2.05) is 0 Å². The first-order chi connectivity index (χ1) is 7.67. The van der Waals surface area contributed by atoms with Gasteiger partial charge in [0.05, 0.1) is 5.54 Å². The van der Waals surface area contributed by atoms with E-state index in [1.165, 1.54) is 12.8 Å². The normalized spacial score (nSPS) is 25.9. The molecule has 16 heavy (non-hydrogen) atoms. The number of nitrogens with two attached hydrogens (primary N) is 1. The number of nitrogens with zero attached hydrogens (tertiary/aromatic N) is 3. The molecule has 2 aliphatic rings. The summed E-state index contributed by atoms with van der Waals surface area (Å²) in [5.74, 6) is 2.01. The second-order valence-corrected chi connectivity index (χ2v) is 5.19. The van der Waals surface area contributed by atoms with Crippen LogP contribution in [0.15, 0.2) is 4.52 Å². The van der Waals surface area contributed by atoms with Gasteiger partial charge in [0.25, 0.3) is 0 Å². The molecule has 1 saturated carbocycles. The Labute approximate surface area is 95.0 Å². The average molecular weight is 222 g/mol. The molecule has 1 saturated heterocycles. The van der Waals surface area contributed by atoms with Gasteiger partial charge in [0.15, 0.2) is 5.82 Å². The number of aromatic nitrogens is 2. The third-order valence-electron chi connectivity index (χ3n) is 3.69. The quantitative estimate of drug-likeness (QED) is 0.802. The van der Waals surface area contributed by atoms with Crippen molar-refractivity contribution in [3.05, 3.63) is 11.7 Å². The van der Waals surface area contributed by atoms with Gasteiger partial charge in [0, 0.05) is 19.0 Å². The van der Waals surface area contributed by atoms with Gasteiger partial charge < -0.3 is 15.2 Å². The molecule has 1 aliphatic heterocycles. The van der Waals surface area contributed by atoms with Crippen molar-refractivity contribution >= 4 is 0 Å². The largest absolute Gasteiger partial charge is 0.339 e. The molecule has 1 aliphatic carbocycles. The average Bonchev–Trinajstić information content (AvgIpc) is 3.01. The van der Waals surface area contributed by atoms with E-state index in [4.69, 9.17) is 10.3 Å². The first-order valence-corrected chi connectivity index (χ1v) is 5.99. The van der Waals surface area contributed by atoms with Gasteiger partial charge in [-0.05, 0) is 32.7 Å². The minimum absolute atomic E-state index is 0.372. The van der Waals surface area contributed by atoms with Crippen LogP contribution in [0.1, 0.15) is 43.3 Å². The molecule has 88 valence electrons. The molecule has 1 aromatic rings.